The summed E-state index contributed by atoms with van der Waals surface area (Å²) in [5, 5.41) is 19.8. The Bertz CT molecular complexity index is 435. The van der Waals surface area contributed by atoms with E-state index in [2.05, 4.69) is 4.90 Å². The largest absolute Gasteiger partial charge is 0.390 e. The molecule has 0 aromatic heterocycles. The maximum Gasteiger partial charge on any atom is 0.126 e. The van der Waals surface area contributed by atoms with Crippen molar-refractivity contribution in [3.63, 3.8) is 0 Å². The van der Waals surface area contributed by atoms with E-state index in [1.807, 2.05) is 6.92 Å². The van der Waals surface area contributed by atoms with Crippen molar-refractivity contribution in [1.29, 1.82) is 0 Å². The molecule has 1 fully saturated rings. The van der Waals surface area contributed by atoms with Gasteiger partial charge in [-0.05, 0) is 43.9 Å². The summed E-state index contributed by atoms with van der Waals surface area (Å²) < 4.78 is 26.2. The number of aliphatic hydroxyl groups is 2. The molecule has 1 unspecified atom stereocenters. The Morgan fingerprint density at radius 1 is 1.20 bits per heavy atom. The van der Waals surface area contributed by atoms with E-state index in [-0.39, 0.29) is 5.56 Å². The Morgan fingerprint density at radius 3 is 2.30 bits per heavy atom. The zero-order chi connectivity index (χ0) is 14.8. The van der Waals surface area contributed by atoms with Gasteiger partial charge >= 0.3 is 0 Å². The van der Waals surface area contributed by atoms with Gasteiger partial charge in [0.1, 0.15) is 11.6 Å². The van der Waals surface area contributed by atoms with Crippen molar-refractivity contribution in [2.24, 2.45) is 0 Å². The molecule has 0 radical (unpaired) electrons. The summed E-state index contributed by atoms with van der Waals surface area (Å²) in [6.07, 6.45) is 0.961. The lowest BCUT2D eigenvalue weighted by molar-refractivity contribution is -0.00815. The second-order valence-corrected chi connectivity index (χ2v) is 5.85. The Labute approximate surface area is 117 Å². The molecule has 0 aliphatic carbocycles. The van der Waals surface area contributed by atoms with Gasteiger partial charge in [-0.1, -0.05) is 0 Å². The van der Waals surface area contributed by atoms with Gasteiger partial charge in [-0.25, -0.2) is 8.78 Å². The van der Waals surface area contributed by atoms with Crippen LogP contribution in [-0.4, -0.2) is 40.3 Å². The lowest BCUT2D eigenvalue weighted by Crippen LogP contribution is -2.42. The van der Waals surface area contributed by atoms with Crippen LogP contribution in [0.1, 0.15) is 37.9 Å². The van der Waals surface area contributed by atoms with Crippen molar-refractivity contribution >= 4 is 0 Å². The van der Waals surface area contributed by atoms with Crippen molar-refractivity contribution in [2.45, 2.75) is 37.9 Å². The molecule has 1 aromatic carbocycles. The van der Waals surface area contributed by atoms with Crippen LogP contribution in [0.3, 0.4) is 0 Å². The van der Waals surface area contributed by atoms with E-state index >= 15 is 0 Å². The lowest BCUT2D eigenvalue weighted by atomic mass is 9.93. The molecule has 0 spiro atoms. The van der Waals surface area contributed by atoms with Crippen molar-refractivity contribution < 1.29 is 19.0 Å². The second kappa shape index (κ2) is 6.16. The molecule has 0 bridgehead atoms. The minimum atomic E-state index is -0.873. The molecule has 5 heteroatoms. The van der Waals surface area contributed by atoms with E-state index in [9.17, 15) is 19.0 Å². The van der Waals surface area contributed by atoms with Crippen LogP contribution in [0.4, 0.5) is 8.78 Å². The molecule has 1 saturated heterocycles. The molecule has 1 aromatic rings. The first kappa shape index (κ1) is 15.4. The Hall–Kier alpha value is -1.04. The normalized spacial score (nSPS) is 20.9. The Kier molecular flexibility index (Phi) is 4.73. The molecule has 0 saturated carbocycles. The zero-order valence-electron chi connectivity index (χ0n) is 11.6. The highest BCUT2D eigenvalue weighted by molar-refractivity contribution is 5.20. The average molecular weight is 285 g/mol. The molecular weight excluding hydrogens is 264 g/mol. The van der Waals surface area contributed by atoms with E-state index in [1.54, 1.807) is 0 Å². The van der Waals surface area contributed by atoms with Crippen LogP contribution in [0.15, 0.2) is 18.2 Å². The third-order valence-corrected chi connectivity index (χ3v) is 3.92. The van der Waals surface area contributed by atoms with Gasteiger partial charge < -0.3 is 15.1 Å². The lowest BCUT2D eigenvalue weighted by Gasteiger charge is -2.36. The predicted molar refractivity (Wildman–Crippen MR) is 72.2 cm³/mol. The first-order valence-corrected chi connectivity index (χ1v) is 6.94. The Balaban J connectivity index is 1.85. The zero-order valence-corrected chi connectivity index (χ0v) is 11.6. The summed E-state index contributed by atoms with van der Waals surface area (Å²) in [6.45, 7) is 4.03. The van der Waals surface area contributed by atoms with Crippen LogP contribution in [0, 0.1) is 11.6 Å². The molecule has 1 aliphatic rings. The van der Waals surface area contributed by atoms with Crippen molar-refractivity contribution in [2.75, 3.05) is 19.6 Å². The number of aliphatic hydroxyl groups excluding tert-OH is 1. The van der Waals surface area contributed by atoms with Gasteiger partial charge in [0, 0.05) is 25.7 Å². The summed E-state index contributed by atoms with van der Waals surface area (Å²) in [7, 11) is 0. The predicted octanol–water partition coefficient (Wildman–Crippen LogP) is 2.24. The summed E-state index contributed by atoms with van der Waals surface area (Å²) in [5.41, 5.74) is -0.327. The fraction of sp³-hybridized carbons (Fsp3) is 0.600. The topological polar surface area (TPSA) is 43.7 Å². The minimum absolute atomic E-state index is 0.270. The molecule has 2 N–H and O–H groups in total. The number of rotatable bonds is 4. The van der Waals surface area contributed by atoms with Gasteiger partial charge in [-0.2, -0.15) is 0 Å². The fourth-order valence-electron chi connectivity index (χ4n) is 2.50. The maximum absolute atomic E-state index is 13.1. The van der Waals surface area contributed by atoms with Gasteiger partial charge in [0.15, 0.2) is 0 Å². The highest BCUT2D eigenvalue weighted by atomic mass is 19.1. The summed E-state index contributed by atoms with van der Waals surface area (Å²) in [4.78, 5) is 2.15. The molecule has 3 nitrogen and oxygen atoms in total. The van der Waals surface area contributed by atoms with Crippen LogP contribution in [0.5, 0.6) is 0 Å². The monoisotopic (exact) mass is 285 g/mol. The third-order valence-electron chi connectivity index (χ3n) is 3.92. The van der Waals surface area contributed by atoms with Gasteiger partial charge in [0.05, 0.1) is 11.7 Å². The van der Waals surface area contributed by atoms with Gasteiger partial charge in [-0.15, -0.1) is 0 Å². The van der Waals surface area contributed by atoms with Gasteiger partial charge in [-0.3, -0.25) is 0 Å². The fourth-order valence-corrected chi connectivity index (χ4v) is 2.50. The number of hydrogen-bond donors (Lipinski definition) is 2. The third kappa shape index (κ3) is 4.23. The number of halogens is 2. The number of piperidine rings is 1. The molecule has 1 atom stereocenters. The highest BCUT2D eigenvalue weighted by Crippen LogP contribution is 2.23. The van der Waals surface area contributed by atoms with Crippen molar-refractivity contribution in [3.05, 3.63) is 35.4 Å². The highest BCUT2D eigenvalue weighted by Gasteiger charge is 2.27. The van der Waals surface area contributed by atoms with E-state index in [0.29, 0.717) is 25.8 Å². The molecule has 0 amide bonds. The number of nitrogens with zero attached hydrogens (tertiary/aromatic N) is 1. The molecule has 2 rings (SSSR count). The van der Waals surface area contributed by atoms with Crippen LogP contribution in [-0.2, 0) is 0 Å². The number of hydrogen-bond acceptors (Lipinski definition) is 3. The smallest absolute Gasteiger partial charge is 0.126 e. The molecule has 1 aliphatic heterocycles. The van der Waals surface area contributed by atoms with Crippen LogP contribution < -0.4 is 0 Å². The standard InChI is InChI=1S/C15H21F2NO2/c1-15(20)3-6-18(7-4-15)5-2-14(19)11-8-12(16)10-13(17)9-11/h8-10,14,19-20H,2-7H2,1H3. The van der Waals surface area contributed by atoms with Crippen molar-refractivity contribution in [1.82, 2.24) is 4.90 Å². The first-order valence-electron chi connectivity index (χ1n) is 6.94. The first-order chi connectivity index (χ1) is 9.35. The molecule has 20 heavy (non-hydrogen) atoms. The van der Waals surface area contributed by atoms with Gasteiger partial charge in [0.2, 0.25) is 0 Å². The SMILES string of the molecule is CC1(O)CCN(CCC(O)c2cc(F)cc(F)c2)CC1. The average Bonchev–Trinajstić information content (AvgIpc) is 2.36. The van der Waals surface area contributed by atoms with E-state index < -0.39 is 23.3 Å². The maximum atomic E-state index is 13.1. The van der Waals surface area contributed by atoms with Crippen LogP contribution in [0.2, 0.25) is 0 Å². The number of likely N-dealkylation sites (tertiary alicyclic amines) is 1. The van der Waals surface area contributed by atoms with Gasteiger partial charge in [0.25, 0.3) is 0 Å². The molecule has 1 heterocycles. The van der Waals surface area contributed by atoms with E-state index in [0.717, 1.165) is 31.3 Å². The van der Waals surface area contributed by atoms with E-state index in [1.165, 1.54) is 0 Å². The summed E-state index contributed by atoms with van der Waals surface area (Å²) >= 11 is 0. The molecular formula is C15H21F2NO2. The van der Waals surface area contributed by atoms with Crippen molar-refractivity contribution in [3.8, 4) is 0 Å². The summed E-state index contributed by atoms with van der Waals surface area (Å²) in [6, 6.07) is 3.12. The molecule has 112 valence electrons. The van der Waals surface area contributed by atoms with Crippen LogP contribution in [0.25, 0.3) is 0 Å². The summed E-state index contributed by atoms with van der Waals surface area (Å²) in [5.74, 6) is -1.35. The van der Waals surface area contributed by atoms with E-state index in [4.69, 9.17) is 0 Å². The Morgan fingerprint density at radius 2 is 1.75 bits per heavy atom. The number of benzene rings is 1. The van der Waals surface area contributed by atoms with Crippen LogP contribution >= 0.6 is 0 Å². The quantitative estimate of drug-likeness (QED) is 0.891. The minimum Gasteiger partial charge on any atom is -0.390 e. The second-order valence-electron chi connectivity index (χ2n) is 5.85.